The second-order valence-electron chi connectivity index (χ2n) is 5.49. The fraction of sp³-hybridized carbons (Fsp3) is 0.250. The lowest BCUT2D eigenvalue weighted by atomic mass is 9.86. The smallest absolute Gasteiger partial charge is 0.135 e. The Morgan fingerprint density at radius 2 is 2.10 bits per heavy atom. The molecule has 0 fully saturated rings. The van der Waals surface area contributed by atoms with Crippen molar-refractivity contribution < 1.29 is 0 Å². The van der Waals surface area contributed by atoms with E-state index < -0.39 is 5.41 Å². The molecule has 0 aliphatic carbocycles. The van der Waals surface area contributed by atoms with E-state index in [9.17, 15) is 5.26 Å². The largest absolute Gasteiger partial charge is 0.379 e. The summed E-state index contributed by atoms with van der Waals surface area (Å²) >= 11 is 0. The first-order chi connectivity index (χ1) is 9.60. The first kappa shape index (κ1) is 12.5. The van der Waals surface area contributed by atoms with Gasteiger partial charge >= 0.3 is 0 Å². The molecule has 1 aliphatic heterocycles. The molecule has 1 aromatic carbocycles. The first-order valence-corrected chi connectivity index (χ1v) is 6.61. The molecule has 0 atom stereocenters. The van der Waals surface area contributed by atoms with Gasteiger partial charge in [0, 0.05) is 18.3 Å². The molecule has 0 unspecified atom stereocenters. The molecule has 4 nitrogen and oxygen atoms in total. The summed E-state index contributed by atoms with van der Waals surface area (Å²) in [6.45, 7) is 4.57. The average molecular weight is 264 g/mol. The molecule has 0 saturated carbocycles. The summed E-state index contributed by atoms with van der Waals surface area (Å²) in [5.41, 5.74) is 3.63. The SMILES string of the molecule is CC(C)(C#N)c1ccc2c(c1)NCc1cccnc1N2. The molecule has 2 aromatic rings. The lowest BCUT2D eigenvalue weighted by Gasteiger charge is -2.18. The summed E-state index contributed by atoms with van der Waals surface area (Å²) in [5.74, 6) is 0.881. The fourth-order valence-corrected chi connectivity index (χ4v) is 2.26. The van der Waals surface area contributed by atoms with Crippen LogP contribution < -0.4 is 10.6 Å². The van der Waals surface area contributed by atoms with Crippen molar-refractivity contribution in [3.8, 4) is 6.07 Å². The molecule has 0 radical (unpaired) electrons. The number of rotatable bonds is 1. The lowest BCUT2D eigenvalue weighted by Crippen LogP contribution is -2.14. The Hall–Kier alpha value is -2.54. The van der Waals surface area contributed by atoms with Crippen molar-refractivity contribution in [1.82, 2.24) is 4.98 Å². The van der Waals surface area contributed by atoms with E-state index in [1.807, 2.05) is 44.2 Å². The Bertz CT molecular complexity index is 698. The molecule has 3 rings (SSSR count). The van der Waals surface area contributed by atoms with Crippen LogP contribution in [-0.4, -0.2) is 4.98 Å². The zero-order valence-electron chi connectivity index (χ0n) is 11.6. The van der Waals surface area contributed by atoms with Crippen LogP contribution >= 0.6 is 0 Å². The van der Waals surface area contributed by atoms with Gasteiger partial charge in [0.2, 0.25) is 0 Å². The van der Waals surface area contributed by atoms with Gasteiger partial charge in [0.15, 0.2) is 0 Å². The van der Waals surface area contributed by atoms with Gasteiger partial charge in [-0.15, -0.1) is 0 Å². The first-order valence-electron chi connectivity index (χ1n) is 6.61. The van der Waals surface area contributed by atoms with Crippen molar-refractivity contribution in [3.05, 3.63) is 47.7 Å². The van der Waals surface area contributed by atoms with Crippen molar-refractivity contribution in [2.24, 2.45) is 0 Å². The highest BCUT2D eigenvalue weighted by Gasteiger charge is 2.22. The summed E-state index contributed by atoms with van der Waals surface area (Å²) in [5, 5.41) is 16.0. The van der Waals surface area contributed by atoms with Gasteiger partial charge in [-0.3, -0.25) is 0 Å². The van der Waals surface area contributed by atoms with Gasteiger partial charge < -0.3 is 10.6 Å². The fourth-order valence-electron chi connectivity index (χ4n) is 2.26. The number of nitrogens with one attached hydrogen (secondary N) is 2. The number of hydrogen-bond donors (Lipinski definition) is 2. The maximum Gasteiger partial charge on any atom is 0.135 e. The summed E-state index contributed by atoms with van der Waals surface area (Å²) in [4.78, 5) is 4.36. The topological polar surface area (TPSA) is 60.7 Å². The van der Waals surface area contributed by atoms with Crippen LogP contribution in [-0.2, 0) is 12.0 Å². The zero-order valence-corrected chi connectivity index (χ0v) is 11.6. The summed E-state index contributed by atoms with van der Waals surface area (Å²) in [7, 11) is 0. The lowest BCUT2D eigenvalue weighted by molar-refractivity contribution is 0.687. The van der Waals surface area contributed by atoms with Crippen LogP contribution in [0.3, 0.4) is 0 Å². The van der Waals surface area contributed by atoms with Crippen LogP contribution in [0.4, 0.5) is 17.2 Å². The normalized spacial score (nSPS) is 13.1. The number of aromatic nitrogens is 1. The van der Waals surface area contributed by atoms with E-state index in [0.29, 0.717) is 0 Å². The third kappa shape index (κ3) is 2.08. The molecule has 2 heterocycles. The highest BCUT2D eigenvalue weighted by Crippen LogP contribution is 2.34. The second-order valence-corrected chi connectivity index (χ2v) is 5.49. The van der Waals surface area contributed by atoms with Crippen molar-refractivity contribution in [2.45, 2.75) is 25.8 Å². The molecule has 0 bridgehead atoms. The Labute approximate surface area is 118 Å². The number of fused-ring (bicyclic) bond motifs is 2. The van der Waals surface area contributed by atoms with E-state index in [1.54, 1.807) is 6.20 Å². The Balaban J connectivity index is 2.02. The van der Waals surface area contributed by atoms with E-state index in [0.717, 1.165) is 34.9 Å². The number of nitriles is 1. The Kier molecular flexibility index (Phi) is 2.83. The minimum absolute atomic E-state index is 0.492. The molecule has 2 N–H and O–H groups in total. The van der Waals surface area contributed by atoms with Gasteiger partial charge in [-0.05, 0) is 37.6 Å². The quantitative estimate of drug-likeness (QED) is 0.827. The third-order valence-corrected chi connectivity index (χ3v) is 3.63. The van der Waals surface area contributed by atoms with Crippen molar-refractivity contribution in [1.29, 1.82) is 5.26 Å². The number of benzene rings is 1. The van der Waals surface area contributed by atoms with E-state index in [1.165, 1.54) is 0 Å². The molecule has 20 heavy (non-hydrogen) atoms. The van der Waals surface area contributed by atoms with Gasteiger partial charge in [0.1, 0.15) is 5.82 Å². The number of anilines is 3. The highest BCUT2D eigenvalue weighted by molar-refractivity contribution is 5.77. The molecular weight excluding hydrogens is 248 g/mol. The molecular formula is C16H16N4. The highest BCUT2D eigenvalue weighted by atomic mass is 15.0. The minimum atomic E-state index is -0.492. The number of pyridine rings is 1. The monoisotopic (exact) mass is 264 g/mol. The molecule has 0 spiro atoms. The number of hydrogen-bond acceptors (Lipinski definition) is 4. The van der Waals surface area contributed by atoms with Crippen LogP contribution in [0.15, 0.2) is 36.5 Å². The molecule has 1 aromatic heterocycles. The number of nitrogens with zero attached hydrogens (tertiary/aromatic N) is 2. The minimum Gasteiger partial charge on any atom is -0.379 e. The second kappa shape index (κ2) is 4.53. The van der Waals surface area contributed by atoms with Crippen molar-refractivity contribution in [2.75, 3.05) is 10.6 Å². The standard InChI is InChI=1S/C16H16N4/c1-16(2,10-17)12-5-6-13-14(8-12)19-9-11-4-3-7-18-15(11)20-13/h3-8,19H,9H2,1-2H3,(H,18,20). The maximum atomic E-state index is 9.25. The predicted molar refractivity (Wildman–Crippen MR) is 79.9 cm³/mol. The van der Waals surface area contributed by atoms with Gasteiger partial charge in [0.25, 0.3) is 0 Å². The van der Waals surface area contributed by atoms with Crippen LogP contribution in [0.2, 0.25) is 0 Å². The predicted octanol–water partition coefficient (Wildman–Crippen LogP) is 3.55. The van der Waals surface area contributed by atoms with Gasteiger partial charge in [0.05, 0.1) is 22.9 Å². The van der Waals surface area contributed by atoms with Crippen molar-refractivity contribution >= 4 is 17.2 Å². The van der Waals surface area contributed by atoms with Gasteiger partial charge in [-0.25, -0.2) is 4.98 Å². The van der Waals surface area contributed by atoms with Crippen LogP contribution in [0.1, 0.15) is 25.0 Å². The van der Waals surface area contributed by atoms with E-state index in [-0.39, 0.29) is 0 Å². The molecule has 0 saturated heterocycles. The van der Waals surface area contributed by atoms with E-state index in [4.69, 9.17) is 0 Å². The Morgan fingerprint density at radius 3 is 2.90 bits per heavy atom. The zero-order chi connectivity index (χ0) is 14.2. The van der Waals surface area contributed by atoms with Crippen LogP contribution in [0, 0.1) is 11.3 Å². The van der Waals surface area contributed by atoms with Crippen LogP contribution in [0.5, 0.6) is 0 Å². The maximum absolute atomic E-state index is 9.25. The van der Waals surface area contributed by atoms with Crippen LogP contribution in [0.25, 0.3) is 0 Å². The molecule has 100 valence electrons. The van der Waals surface area contributed by atoms with E-state index in [2.05, 4.69) is 21.7 Å². The average Bonchev–Trinajstić information content (AvgIpc) is 2.65. The molecule has 0 amide bonds. The molecule has 4 heteroatoms. The van der Waals surface area contributed by atoms with E-state index >= 15 is 0 Å². The van der Waals surface area contributed by atoms with Crippen molar-refractivity contribution in [3.63, 3.8) is 0 Å². The summed E-state index contributed by atoms with van der Waals surface area (Å²) < 4.78 is 0. The van der Waals surface area contributed by atoms with Gasteiger partial charge in [-0.2, -0.15) is 5.26 Å². The molecule has 1 aliphatic rings. The Morgan fingerprint density at radius 1 is 1.25 bits per heavy atom. The third-order valence-electron chi connectivity index (χ3n) is 3.63. The van der Waals surface area contributed by atoms with Gasteiger partial charge in [-0.1, -0.05) is 12.1 Å². The summed E-state index contributed by atoms with van der Waals surface area (Å²) in [6.07, 6.45) is 1.78. The summed E-state index contributed by atoms with van der Waals surface area (Å²) in [6, 6.07) is 12.3.